The highest BCUT2D eigenvalue weighted by Crippen LogP contribution is 2.28. The number of nitrogens with zero attached hydrogens (tertiary/aromatic N) is 2. The number of hydrogen-bond acceptors (Lipinski definition) is 5. The van der Waals surface area contributed by atoms with E-state index in [0.717, 1.165) is 36.5 Å². The summed E-state index contributed by atoms with van der Waals surface area (Å²) in [5.74, 6) is 1.87. The van der Waals surface area contributed by atoms with Gasteiger partial charge < -0.3 is 20.1 Å². The molecule has 3 aromatic rings. The van der Waals surface area contributed by atoms with Crippen molar-refractivity contribution < 1.29 is 9.84 Å². The number of piperidine rings is 1. The minimum Gasteiger partial charge on any atom is -0.496 e. The lowest BCUT2D eigenvalue weighted by Crippen LogP contribution is -2.39. The summed E-state index contributed by atoms with van der Waals surface area (Å²) in [5.41, 5.74) is 2.32. The number of nitrogens with one attached hydrogen (secondary N) is 1. The van der Waals surface area contributed by atoms with Gasteiger partial charge in [-0.25, -0.2) is 4.98 Å². The average molecular weight is 377 g/mol. The van der Waals surface area contributed by atoms with Crippen LogP contribution in [-0.4, -0.2) is 36.4 Å². The van der Waals surface area contributed by atoms with E-state index in [9.17, 15) is 5.11 Å². The van der Waals surface area contributed by atoms with E-state index in [1.165, 1.54) is 16.3 Å². The fourth-order valence-electron chi connectivity index (χ4n) is 4.01. The third-order valence-electron chi connectivity index (χ3n) is 5.40. The number of fused-ring (bicyclic) bond motifs is 1. The molecule has 1 atom stereocenters. The van der Waals surface area contributed by atoms with Crippen LogP contribution in [-0.2, 0) is 13.1 Å². The molecule has 146 valence electrons. The Hall–Kier alpha value is -2.63. The maximum atomic E-state index is 10.0. The van der Waals surface area contributed by atoms with Gasteiger partial charge in [-0.1, -0.05) is 36.4 Å². The van der Waals surface area contributed by atoms with Crippen molar-refractivity contribution >= 4 is 16.6 Å². The van der Waals surface area contributed by atoms with Crippen LogP contribution < -0.4 is 15.0 Å². The first kappa shape index (κ1) is 18.7. The van der Waals surface area contributed by atoms with Crippen LogP contribution in [0.1, 0.15) is 24.0 Å². The number of aromatic nitrogens is 1. The van der Waals surface area contributed by atoms with Gasteiger partial charge >= 0.3 is 0 Å². The maximum absolute atomic E-state index is 10.0. The molecule has 5 heteroatoms. The summed E-state index contributed by atoms with van der Waals surface area (Å²) in [5, 5.41) is 16.0. The molecule has 1 fully saturated rings. The average Bonchev–Trinajstić information content (AvgIpc) is 2.74. The van der Waals surface area contributed by atoms with Crippen molar-refractivity contribution in [2.75, 3.05) is 25.1 Å². The topological polar surface area (TPSA) is 57.6 Å². The molecule has 4 rings (SSSR count). The number of benzene rings is 2. The first-order chi connectivity index (χ1) is 13.8. The minimum absolute atomic E-state index is 0.267. The normalized spacial score (nSPS) is 17.1. The van der Waals surface area contributed by atoms with Gasteiger partial charge in [0, 0.05) is 43.5 Å². The molecule has 0 saturated carbocycles. The third kappa shape index (κ3) is 3.96. The van der Waals surface area contributed by atoms with Crippen LogP contribution in [0.15, 0.2) is 54.7 Å². The fraction of sp³-hybridized carbons (Fsp3) is 0.348. The fourth-order valence-corrected chi connectivity index (χ4v) is 4.01. The van der Waals surface area contributed by atoms with Gasteiger partial charge in [-0.05, 0) is 35.7 Å². The van der Waals surface area contributed by atoms with E-state index < -0.39 is 0 Å². The molecule has 0 spiro atoms. The Morgan fingerprint density at radius 3 is 2.89 bits per heavy atom. The number of hydrogen-bond donors (Lipinski definition) is 2. The molecular formula is C23H27N3O2. The lowest BCUT2D eigenvalue weighted by Gasteiger charge is -2.32. The summed E-state index contributed by atoms with van der Waals surface area (Å²) in [6.07, 6.45) is 3.43. The molecule has 0 bridgehead atoms. The molecule has 5 nitrogen and oxygen atoms in total. The molecule has 28 heavy (non-hydrogen) atoms. The molecule has 2 aromatic carbocycles. The third-order valence-corrected chi connectivity index (χ3v) is 5.40. The number of rotatable bonds is 6. The smallest absolute Gasteiger partial charge is 0.133 e. The van der Waals surface area contributed by atoms with E-state index >= 15 is 0 Å². The van der Waals surface area contributed by atoms with Crippen LogP contribution in [0.4, 0.5) is 5.82 Å². The van der Waals surface area contributed by atoms with Crippen LogP contribution in [0.25, 0.3) is 10.8 Å². The van der Waals surface area contributed by atoms with Crippen LogP contribution in [0.5, 0.6) is 5.75 Å². The largest absolute Gasteiger partial charge is 0.496 e. The Labute approximate surface area is 166 Å². The SMILES string of the molecule is COc1ccc2ccccc2c1CNCc1cccnc1N1CCC[C@H](O)C1. The lowest BCUT2D eigenvalue weighted by atomic mass is 10.0. The Morgan fingerprint density at radius 1 is 1.14 bits per heavy atom. The number of aliphatic hydroxyl groups excluding tert-OH is 1. The first-order valence-electron chi connectivity index (χ1n) is 9.88. The number of ether oxygens (including phenoxy) is 1. The van der Waals surface area contributed by atoms with Gasteiger partial charge in [-0.3, -0.25) is 0 Å². The summed E-state index contributed by atoms with van der Waals surface area (Å²) >= 11 is 0. The molecule has 1 saturated heterocycles. The number of methoxy groups -OCH3 is 1. The molecule has 0 radical (unpaired) electrons. The van der Waals surface area contributed by atoms with E-state index in [1.807, 2.05) is 18.3 Å². The second-order valence-corrected chi connectivity index (χ2v) is 7.30. The maximum Gasteiger partial charge on any atom is 0.133 e. The Kier molecular flexibility index (Phi) is 5.74. The number of aliphatic hydroxyl groups is 1. The monoisotopic (exact) mass is 377 g/mol. The predicted octanol–water partition coefficient (Wildman–Crippen LogP) is 3.49. The van der Waals surface area contributed by atoms with E-state index in [1.54, 1.807) is 7.11 Å². The highest BCUT2D eigenvalue weighted by atomic mass is 16.5. The Bertz CT molecular complexity index is 944. The molecule has 0 aliphatic carbocycles. The first-order valence-corrected chi connectivity index (χ1v) is 9.88. The van der Waals surface area contributed by atoms with Gasteiger partial charge in [0.1, 0.15) is 11.6 Å². The predicted molar refractivity (Wildman–Crippen MR) is 113 cm³/mol. The van der Waals surface area contributed by atoms with Gasteiger partial charge in [0.25, 0.3) is 0 Å². The lowest BCUT2D eigenvalue weighted by molar-refractivity contribution is 0.154. The quantitative estimate of drug-likeness (QED) is 0.689. The summed E-state index contributed by atoms with van der Waals surface area (Å²) in [6, 6.07) is 16.6. The van der Waals surface area contributed by atoms with Crippen LogP contribution in [0.2, 0.25) is 0 Å². The van der Waals surface area contributed by atoms with Gasteiger partial charge in [0.2, 0.25) is 0 Å². The van der Waals surface area contributed by atoms with Crippen LogP contribution >= 0.6 is 0 Å². The van der Waals surface area contributed by atoms with Crippen molar-refractivity contribution in [3.8, 4) is 5.75 Å². The summed E-state index contributed by atoms with van der Waals surface area (Å²) in [4.78, 5) is 6.79. The Balaban J connectivity index is 1.51. The molecule has 1 aliphatic rings. The molecule has 1 aromatic heterocycles. The van der Waals surface area contributed by atoms with Gasteiger partial charge in [0.05, 0.1) is 13.2 Å². The molecule has 0 unspecified atom stereocenters. The standard InChI is InChI=1S/C23H27N3O2/c1-28-22-11-10-17-6-2-3-9-20(17)21(22)15-24-14-18-7-4-12-25-23(18)26-13-5-8-19(27)16-26/h2-4,6-7,9-12,19,24,27H,5,8,13-16H2,1H3/t19-/m0/s1. The molecular weight excluding hydrogens is 350 g/mol. The second-order valence-electron chi connectivity index (χ2n) is 7.30. The van der Waals surface area contributed by atoms with Crippen molar-refractivity contribution in [3.05, 3.63) is 65.9 Å². The number of β-amino-alcohol motifs (C(OH)–C–C–N with tert-alkyl or cyclic N) is 1. The molecule has 2 heterocycles. The second kappa shape index (κ2) is 8.59. The van der Waals surface area contributed by atoms with Crippen molar-refractivity contribution in [2.45, 2.75) is 32.0 Å². The highest BCUT2D eigenvalue weighted by molar-refractivity contribution is 5.87. The van der Waals surface area contributed by atoms with E-state index in [0.29, 0.717) is 19.6 Å². The minimum atomic E-state index is -0.267. The van der Waals surface area contributed by atoms with E-state index in [4.69, 9.17) is 4.74 Å². The molecule has 2 N–H and O–H groups in total. The van der Waals surface area contributed by atoms with Crippen molar-refractivity contribution in [1.29, 1.82) is 0 Å². The highest BCUT2D eigenvalue weighted by Gasteiger charge is 2.20. The summed E-state index contributed by atoms with van der Waals surface area (Å²) in [7, 11) is 1.72. The van der Waals surface area contributed by atoms with E-state index in [2.05, 4.69) is 51.6 Å². The van der Waals surface area contributed by atoms with Crippen molar-refractivity contribution in [1.82, 2.24) is 10.3 Å². The van der Waals surface area contributed by atoms with Crippen molar-refractivity contribution in [3.63, 3.8) is 0 Å². The van der Waals surface area contributed by atoms with Gasteiger partial charge in [0.15, 0.2) is 0 Å². The van der Waals surface area contributed by atoms with E-state index in [-0.39, 0.29) is 6.10 Å². The summed E-state index contributed by atoms with van der Waals surface area (Å²) < 4.78 is 5.60. The van der Waals surface area contributed by atoms with Gasteiger partial charge in [-0.2, -0.15) is 0 Å². The van der Waals surface area contributed by atoms with Crippen molar-refractivity contribution in [2.24, 2.45) is 0 Å². The molecule has 0 amide bonds. The molecule has 1 aliphatic heterocycles. The number of pyridine rings is 1. The Morgan fingerprint density at radius 2 is 2.04 bits per heavy atom. The zero-order chi connectivity index (χ0) is 19.3. The van der Waals surface area contributed by atoms with Crippen LogP contribution in [0, 0.1) is 0 Å². The van der Waals surface area contributed by atoms with Crippen LogP contribution in [0.3, 0.4) is 0 Å². The zero-order valence-electron chi connectivity index (χ0n) is 16.3. The summed E-state index contributed by atoms with van der Waals surface area (Å²) in [6.45, 7) is 3.02. The zero-order valence-corrected chi connectivity index (χ0v) is 16.3. The van der Waals surface area contributed by atoms with Gasteiger partial charge in [-0.15, -0.1) is 0 Å². The number of anilines is 1.